The molecule has 0 spiro atoms. The van der Waals surface area contributed by atoms with Crippen molar-refractivity contribution in [2.75, 3.05) is 0 Å². The standard InChI is InChI=1S/7H2O.6Zr/h7*1H2;;;;;;. The van der Waals surface area contributed by atoms with E-state index in [1.807, 2.05) is 0 Å². The Morgan fingerprint density at radius 2 is 0.154 bits per heavy atom. The van der Waals surface area contributed by atoms with Crippen LogP contribution in [0.2, 0.25) is 0 Å². The van der Waals surface area contributed by atoms with E-state index in [4.69, 9.17) is 0 Å². The van der Waals surface area contributed by atoms with Gasteiger partial charge in [-0.3, -0.25) is 0 Å². The van der Waals surface area contributed by atoms with Crippen molar-refractivity contribution in [3.63, 3.8) is 0 Å². The van der Waals surface area contributed by atoms with E-state index in [2.05, 4.69) is 0 Å². The van der Waals surface area contributed by atoms with Gasteiger partial charge in [0.05, 0.1) is 0 Å². The minimum absolute atomic E-state index is 0. The van der Waals surface area contributed by atoms with Crippen LogP contribution in [0.15, 0.2) is 0 Å². The Balaban J connectivity index is 0. The van der Waals surface area contributed by atoms with Crippen molar-refractivity contribution < 1.29 is 196 Å². The third-order valence-corrected chi connectivity index (χ3v) is 0. The Labute approximate surface area is 191 Å². The zero-order valence-electron chi connectivity index (χ0n) is 6.50. The molecule has 0 heterocycles. The molecule has 0 fully saturated rings. The number of hydrogen-bond donors (Lipinski definition) is 0. The van der Waals surface area contributed by atoms with Crippen LogP contribution in [0.1, 0.15) is 0 Å². The summed E-state index contributed by atoms with van der Waals surface area (Å²) in [5.74, 6) is 0. The molecule has 0 aromatic heterocycles. The number of hydrogen-bond acceptors (Lipinski definition) is 0. The molecule has 0 aliphatic carbocycles. The van der Waals surface area contributed by atoms with Crippen molar-refractivity contribution in [2.45, 2.75) is 0 Å². The van der Waals surface area contributed by atoms with Gasteiger partial charge in [-0.2, -0.15) is 0 Å². The molecule has 0 amide bonds. The summed E-state index contributed by atoms with van der Waals surface area (Å²) in [5, 5.41) is 0. The molecule has 0 aliphatic heterocycles. The second-order valence-electron chi connectivity index (χ2n) is 0. The molecule has 80 valence electrons. The normalized spacial score (nSPS) is 0. The fourth-order valence-electron chi connectivity index (χ4n) is 0. The van der Waals surface area contributed by atoms with Gasteiger partial charge in [0.1, 0.15) is 0 Å². The third kappa shape index (κ3) is 152. The maximum Gasteiger partial charge on any atom is 0 e. The maximum atomic E-state index is 0. The van der Waals surface area contributed by atoms with Crippen LogP contribution in [-0.2, 0) is 157 Å². The van der Waals surface area contributed by atoms with Crippen molar-refractivity contribution in [1.29, 1.82) is 0 Å². The van der Waals surface area contributed by atoms with Crippen LogP contribution < -0.4 is 0 Å². The van der Waals surface area contributed by atoms with Crippen molar-refractivity contribution in [1.82, 2.24) is 0 Å². The molecule has 0 bridgehead atoms. The Bertz CT molecular complexity index is 12.9. The van der Waals surface area contributed by atoms with Gasteiger partial charge >= 0.3 is 0 Å². The molecule has 0 rings (SSSR count). The zero-order valence-corrected chi connectivity index (χ0v) is 21.2. The van der Waals surface area contributed by atoms with Gasteiger partial charge in [0.2, 0.25) is 0 Å². The Hall–Kier alpha value is 5.02. The van der Waals surface area contributed by atoms with Gasteiger partial charge in [0.25, 0.3) is 0 Å². The first-order valence-corrected chi connectivity index (χ1v) is 0. The first-order valence-electron chi connectivity index (χ1n) is 0. The SMILES string of the molecule is O.O.O.O.O.O.O.[Zr].[Zr].[Zr].[Zr].[Zr].[Zr]. The summed E-state index contributed by atoms with van der Waals surface area (Å²) in [6.07, 6.45) is 0. The molecule has 0 aromatic rings. The summed E-state index contributed by atoms with van der Waals surface area (Å²) in [4.78, 5) is 0. The van der Waals surface area contributed by atoms with E-state index in [0.717, 1.165) is 0 Å². The molecule has 0 atom stereocenters. The average molecular weight is 673 g/mol. The summed E-state index contributed by atoms with van der Waals surface area (Å²) in [7, 11) is 0. The monoisotopic (exact) mass is 666 g/mol. The molecular weight excluding hydrogens is 659 g/mol. The Kier molecular flexibility index (Phi) is 2760. The predicted octanol–water partition coefficient (Wildman–Crippen LogP) is -5.79. The Morgan fingerprint density at radius 1 is 0.154 bits per heavy atom. The van der Waals surface area contributed by atoms with Crippen molar-refractivity contribution >= 4 is 0 Å². The third-order valence-electron chi connectivity index (χ3n) is 0. The molecule has 0 unspecified atom stereocenters. The fraction of sp³-hybridized carbons (Fsp3) is 0. The van der Waals surface area contributed by atoms with E-state index in [1.165, 1.54) is 0 Å². The van der Waals surface area contributed by atoms with Crippen LogP contribution in [-0.4, -0.2) is 38.3 Å². The minimum Gasteiger partial charge on any atom is -0.412 e. The van der Waals surface area contributed by atoms with Crippen LogP contribution in [0, 0.1) is 0 Å². The van der Waals surface area contributed by atoms with Gasteiger partial charge in [0.15, 0.2) is 0 Å². The first kappa shape index (κ1) is 207. The largest absolute Gasteiger partial charge is 0.412 e. The second kappa shape index (κ2) is 173. The van der Waals surface area contributed by atoms with Crippen molar-refractivity contribution in [3.8, 4) is 0 Å². The minimum atomic E-state index is 0. The summed E-state index contributed by atoms with van der Waals surface area (Å²) in [6, 6.07) is 0. The average Bonchev–Trinajstić information content (AvgIpc) is 0. The molecule has 0 aliphatic rings. The van der Waals surface area contributed by atoms with Gasteiger partial charge in [0, 0.05) is 157 Å². The van der Waals surface area contributed by atoms with Crippen molar-refractivity contribution in [2.24, 2.45) is 0 Å². The van der Waals surface area contributed by atoms with Crippen LogP contribution in [0.5, 0.6) is 0 Å². The first-order chi connectivity index (χ1) is 0. The molecule has 0 aromatic carbocycles. The quantitative estimate of drug-likeness (QED) is 0.235. The summed E-state index contributed by atoms with van der Waals surface area (Å²) < 4.78 is 0. The molecule has 13 heteroatoms. The topological polar surface area (TPSA) is 220 Å². The van der Waals surface area contributed by atoms with E-state index >= 15 is 0 Å². The van der Waals surface area contributed by atoms with Gasteiger partial charge < -0.3 is 38.3 Å². The molecule has 0 radical (unpaired) electrons. The van der Waals surface area contributed by atoms with Crippen LogP contribution >= 0.6 is 0 Å². The molecular formula is H14O7Zr6. The van der Waals surface area contributed by atoms with Crippen LogP contribution in [0.25, 0.3) is 0 Å². The van der Waals surface area contributed by atoms with E-state index in [0.29, 0.717) is 0 Å². The van der Waals surface area contributed by atoms with Gasteiger partial charge in [-0.15, -0.1) is 0 Å². The molecule has 7 nitrogen and oxygen atoms in total. The molecule has 0 saturated carbocycles. The van der Waals surface area contributed by atoms with E-state index in [9.17, 15) is 0 Å². The predicted molar refractivity (Wildman–Crippen MR) is 25.3 cm³/mol. The van der Waals surface area contributed by atoms with E-state index in [1.54, 1.807) is 0 Å². The molecule has 13 heavy (non-hydrogen) atoms. The van der Waals surface area contributed by atoms with Gasteiger partial charge in [-0.25, -0.2) is 0 Å². The molecule has 14 N–H and O–H groups in total. The summed E-state index contributed by atoms with van der Waals surface area (Å²) in [6.45, 7) is 0. The smallest absolute Gasteiger partial charge is 0 e. The van der Waals surface area contributed by atoms with Gasteiger partial charge in [-0.1, -0.05) is 0 Å². The zero-order chi connectivity index (χ0) is 0. The maximum absolute atomic E-state index is 0. The summed E-state index contributed by atoms with van der Waals surface area (Å²) >= 11 is 0. The van der Waals surface area contributed by atoms with Crippen molar-refractivity contribution in [3.05, 3.63) is 0 Å². The molecule has 0 saturated heterocycles. The van der Waals surface area contributed by atoms with E-state index < -0.39 is 0 Å². The van der Waals surface area contributed by atoms with Crippen LogP contribution in [0.3, 0.4) is 0 Å². The van der Waals surface area contributed by atoms with Gasteiger partial charge in [-0.05, 0) is 0 Å². The fourth-order valence-corrected chi connectivity index (χ4v) is 0. The second-order valence-corrected chi connectivity index (χ2v) is 0. The van der Waals surface area contributed by atoms with E-state index in [-0.39, 0.29) is 196 Å². The van der Waals surface area contributed by atoms with Crippen LogP contribution in [0.4, 0.5) is 0 Å². The number of rotatable bonds is 0. The Morgan fingerprint density at radius 3 is 0.154 bits per heavy atom. The summed E-state index contributed by atoms with van der Waals surface area (Å²) in [5.41, 5.74) is 0.